The summed E-state index contributed by atoms with van der Waals surface area (Å²) in [6.07, 6.45) is 4.92. The number of nitrogens with one attached hydrogen (secondary N) is 1. The molecule has 2 atom stereocenters. The van der Waals surface area contributed by atoms with Crippen molar-refractivity contribution in [2.24, 2.45) is 11.8 Å². The van der Waals surface area contributed by atoms with Gasteiger partial charge in [-0.15, -0.1) is 0 Å². The summed E-state index contributed by atoms with van der Waals surface area (Å²) in [5.41, 5.74) is 0.422. The van der Waals surface area contributed by atoms with Crippen molar-refractivity contribution in [3.8, 4) is 0 Å². The first-order chi connectivity index (χ1) is 11.0. The molecule has 7 heteroatoms. The van der Waals surface area contributed by atoms with Crippen molar-refractivity contribution in [1.29, 1.82) is 0 Å². The Bertz CT molecular complexity index is 671. The van der Waals surface area contributed by atoms with E-state index in [2.05, 4.69) is 5.32 Å². The zero-order valence-electron chi connectivity index (χ0n) is 12.1. The predicted octanol–water partition coefficient (Wildman–Crippen LogP) is 2.88. The Morgan fingerprint density at radius 1 is 1.04 bits per heavy atom. The molecule has 120 valence electrons. The summed E-state index contributed by atoms with van der Waals surface area (Å²) in [5, 5.41) is 3.38. The van der Waals surface area contributed by atoms with Gasteiger partial charge in [-0.25, -0.2) is 0 Å². The lowest BCUT2D eigenvalue weighted by Crippen LogP contribution is -2.38. The van der Waals surface area contributed by atoms with Gasteiger partial charge in [0.25, 0.3) is 0 Å². The van der Waals surface area contributed by atoms with Crippen molar-refractivity contribution >= 4 is 46.6 Å². The van der Waals surface area contributed by atoms with Gasteiger partial charge in [0, 0.05) is 15.7 Å². The van der Waals surface area contributed by atoms with Gasteiger partial charge in [0.1, 0.15) is 6.54 Å². The molecule has 0 saturated carbocycles. The molecule has 3 rings (SSSR count). The highest BCUT2D eigenvalue weighted by molar-refractivity contribution is 6.35. The normalized spacial score (nSPS) is 23.1. The predicted molar refractivity (Wildman–Crippen MR) is 87.2 cm³/mol. The maximum absolute atomic E-state index is 12.3. The number of likely N-dealkylation sites (tertiary alicyclic amines) is 1. The average molecular weight is 353 g/mol. The zero-order valence-corrected chi connectivity index (χ0v) is 13.6. The molecule has 1 aliphatic carbocycles. The van der Waals surface area contributed by atoms with Gasteiger partial charge in [-0.2, -0.15) is 0 Å². The molecule has 1 aromatic rings. The van der Waals surface area contributed by atoms with Crippen LogP contribution in [0.2, 0.25) is 10.0 Å². The van der Waals surface area contributed by atoms with E-state index in [4.69, 9.17) is 23.2 Å². The molecular formula is C16H14Cl2N2O3. The van der Waals surface area contributed by atoms with E-state index in [9.17, 15) is 14.4 Å². The number of fused-ring (bicyclic) bond motifs is 1. The molecular weight excluding hydrogens is 339 g/mol. The van der Waals surface area contributed by atoms with Crippen molar-refractivity contribution in [2.75, 3.05) is 11.9 Å². The lowest BCUT2D eigenvalue weighted by Gasteiger charge is -2.14. The quantitative estimate of drug-likeness (QED) is 0.671. The van der Waals surface area contributed by atoms with E-state index in [0.717, 1.165) is 4.90 Å². The van der Waals surface area contributed by atoms with E-state index < -0.39 is 5.91 Å². The fraction of sp³-hybridized carbons (Fsp3) is 0.312. The Balaban J connectivity index is 1.68. The highest BCUT2D eigenvalue weighted by Crippen LogP contribution is 2.34. The number of carbonyl (C=O) groups is 3. The smallest absolute Gasteiger partial charge is 0.244 e. The van der Waals surface area contributed by atoms with Gasteiger partial charge in [-0.3, -0.25) is 19.3 Å². The topological polar surface area (TPSA) is 66.5 Å². The fourth-order valence-corrected chi connectivity index (χ4v) is 3.52. The van der Waals surface area contributed by atoms with Crippen LogP contribution in [-0.2, 0) is 14.4 Å². The number of imide groups is 1. The lowest BCUT2D eigenvalue weighted by atomic mass is 9.85. The number of benzene rings is 1. The van der Waals surface area contributed by atoms with E-state index in [1.54, 1.807) is 18.2 Å². The Kier molecular flexibility index (Phi) is 4.41. The number of hydrogen-bond acceptors (Lipinski definition) is 3. The highest BCUT2D eigenvalue weighted by atomic mass is 35.5. The van der Waals surface area contributed by atoms with Crippen LogP contribution in [0.4, 0.5) is 5.69 Å². The number of carbonyl (C=O) groups excluding carboxylic acids is 3. The number of allylic oxidation sites excluding steroid dienone is 2. The molecule has 1 aliphatic heterocycles. The first kappa shape index (κ1) is 16.0. The summed E-state index contributed by atoms with van der Waals surface area (Å²) in [6.45, 7) is -0.297. The molecule has 1 heterocycles. The zero-order chi connectivity index (χ0) is 16.6. The van der Waals surface area contributed by atoms with Crippen LogP contribution in [0.1, 0.15) is 12.8 Å². The average Bonchev–Trinajstić information content (AvgIpc) is 2.72. The van der Waals surface area contributed by atoms with Crippen LogP contribution in [0, 0.1) is 11.8 Å². The molecule has 0 bridgehead atoms. The summed E-state index contributed by atoms with van der Waals surface area (Å²) in [7, 11) is 0. The molecule has 0 spiro atoms. The van der Waals surface area contributed by atoms with Crippen molar-refractivity contribution in [3.63, 3.8) is 0 Å². The number of anilines is 1. The summed E-state index contributed by atoms with van der Waals surface area (Å²) >= 11 is 11.7. The molecule has 0 radical (unpaired) electrons. The van der Waals surface area contributed by atoms with Crippen LogP contribution in [0.5, 0.6) is 0 Å². The Morgan fingerprint density at radius 3 is 2.09 bits per heavy atom. The second-order valence-electron chi connectivity index (χ2n) is 5.62. The van der Waals surface area contributed by atoms with Gasteiger partial charge in [-0.05, 0) is 31.0 Å². The molecule has 0 unspecified atom stereocenters. The molecule has 0 aromatic heterocycles. The maximum atomic E-state index is 12.3. The van der Waals surface area contributed by atoms with Gasteiger partial charge in [-0.1, -0.05) is 35.4 Å². The van der Waals surface area contributed by atoms with E-state index in [1.807, 2.05) is 12.2 Å². The first-order valence-electron chi connectivity index (χ1n) is 7.22. The largest absolute Gasteiger partial charge is 0.324 e. The molecule has 1 fully saturated rings. The molecule has 1 N–H and O–H groups in total. The Morgan fingerprint density at radius 2 is 1.57 bits per heavy atom. The van der Waals surface area contributed by atoms with Gasteiger partial charge >= 0.3 is 0 Å². The highest BCUT2D eigenvalue weighted by Gasteiger charge is 2.47. The summed E-state index contributed by atoms with van der Waals surface area (Å²) < 4.78 is 0. The second kappa shape index (κ2) is 6.34. The van der Waals surface area contributed by atoms with Crippen LogP contribution in [0.3, 0.4) is 0 Å². The van der Waals surface area contributed by atoms with Crippen molar-refractivity contribution in [2.45, 2.75) is 12.8 Å². The van der Waals surface area contributed by atoms with E-state index in [-0.39, 0.29) is 30.2 Å². The minimum absolute atomic E-state index is 0.274. The number of amides is 3. The van der Waals surface area contributed by atoms with Crippen LogP contribution in [0.25, 0.3) is 0 Å². The monoisotopic (exact) mass is 352 g/mol. The number of hydrogen-bond donors (Lipinski definition) is 1. The van der Waals surface area contributed by atoms with Crippen LogP contribution in [-0.4, -0.2) is 29.2 Å². The summed E-state index contributed by atoms with van der Waals surface area (Å²) in [6, 6.07) is 4.63. The molecule has 2 aliphatic rings. The van der Waals surface area contributed by atoms with E-state index in [0.29, 0.717) is 28.6 Å². The number of halogens is 2. The standard InChI is InChI=1S/C16H14Cl2N2O3/c17-9-5-10(18)7-11(6-9)19-14(21)8-20-15(22)12-3-1-2-4-13(12)16(20)23/h1-2,5-7,12-13H,3-4,8H2,(H,19,21)/t12-,13-/m1/s1. The fourth-order valence-electron chi connectivity index (χ4n) is 2.99. The third-order valence-corrected chi connectivity index (χ3v) is 4.48. The molecule has 3 amide bonds. The van der Waals surface area contributed by atoms with Gasteiger partial charge in [0.2, 0.25) is 17.7 Å². The van der Waals surface area contributed by atoms with Crippen molar-refractivity contribution < 1.29 is 14.4 Å². The molecule has 23 heavy (non-hydrogen) atoms. The van der Waals surface area contributed by atoms with Gasteiger partial charge in [0.15, 0.2) is 0 Å². The second-order valence-corrected chi connectivity index (χ2v) is 6.50. The summed E-state index contributed by atoms with van der Waals surface area (Å²) in [5.74, 6) is -1.68. The minimum atomic E-state index is -0.461. The minimum Gasteiger partial charge on any atom is -0.324 e. The third kappa shape index (κ3) is 3.26. The maximum Gasteiger partial charge on any atom is 0.244 e. The SMILES string of the molecule is O=C(CN1C(=O)[C@@H]2CC=CC[C@H]2C1=O)Nc1cc(Cl)cc(Cl)c1. The third-order valence-electron chi connectivity index (χ3n) is 4.05. The van der Waals surface area contributed by atoms with Gasteiger partial charge in [0.05, 0.1) is 11.8 Å². The van der Waals surface area contributed by atoms with Crippen LogP contribution >= 0.6 is 23.2 Å². The van der Waals surface area contributed by atoms with Crippen LogP contribution in [0.15, 0.2) is 30.4 Å². The van der Waals surface area contributed by atoms with Crippen LogP contribution < -0.4 is 5.32 Å². The lowest BCUT2D eigenvalue weighted by molar-refractivity contribution is -0.142. The first-order valence-corrected chi connectivity index (χ1v) is 7.97. The molecule has 1 saturated heterocycles. The number of nitrogens with zero attached hydrogens (tertiary/aromatic N) is 1. The van der Waals surface area contributed by atoms with E-state index in [1.165, 1.54) is 0 Å². The van der Waals surface area contributed by atoms with Crippen molar-refractivity contribution in [1.82, 2.24) is 4.90 Å². The van der Waals surface area contributed by atoms with E-state index >= 15 is 0 Å². The number of rotatable bonds is 3. The van der Waals surface area contributed by atoms with Gasteiger partial charge < -0.3 is 5.32 Å². The summed E-state index contributed by atoms with van der Waals surface area (Å²) in [4.78, 5) is 37.8. The Hall–Kier alpha value is -1.85. The van der Waals surface area contributed by atoms with Crippen molar-refractivity contribution in [3.05, 3.63) is 40.4 Å². The molecule has 5 nitrogen and oxygen atoms in total. The Labute approximate surface area is 143 Å². The molecule has 1 aromatic carbocycles.